The molecule has 3 atom stereocenters. The van der Waals surface area contributed by atoms with Crippen LogP contribution in [0.25, 0.3) is 0 Å². The number of rotatable bonds is 2. The summed E-state index contributed by atoms with van der Waals surface area (Å²) >= 11 is 5.93. The van der Waals surface area contributed by atoms with Gasteiger partial charge in [-0.15, -0.1) is 0 Å². The van der Waals surface area contributed by atoms with Gasteiger partial charge >= 0.3 is 6.18 Å². The number of amides is 2. The van der Waals surface area contributed by atoms with E-state index in [0.29, 0.717) is 5.02 Å². The molecule has 0 radical (unpaired) electrons. The van der Waals surface area contributed by atoms with E-state index >= 15 is 0 Å². The van der Waals surface area contributed by atoms with E-state index < -0.39 is 64.2 Å². The highest BCUT2D eigenvalue weighted by Gasteiger charge is 2.75. The Morgan fingerprint density at radius 3 is 1.95 bits per heavy atom. The fourth-order valence-electron chi connectivity index (χ4n) is 5.65. The first kappa shape index (κ1) is 23.6. The Labute approximate surface area is 212 Å². The van der Waals surface area contributed by atoms with Crippen LogP contribution in [0.2, 0.25) is 5.02 Å². The van der Waals surface area contributed by atoms with Crippen molar-refractivity contribution in [1.82, 2.24) is 0 Å². The SMILES string of the molecule is O=C1[C@@H]2[C@@H](c3ccccc3C(F)(F)F)OC3(C(=O)c4ccccc4C3=O)[C@H]2C(=O)N1c1ccc(Cl)cc1. The van der Waals surface area contributed by atoms with Crippen LogP contribution in [0, 0.1) is 11.8 Å². The van der Waals surface area contributed by atoms with Gasteiger partial charge in [-0.1, -0.05) is 54.1 Å². The van der Waals surface area contributed by atoms with E-state index in [1.54, 1.807) is 0 Å². The number of ether oxygens (including phenoxy) is 1. The van der Waals surface area contributed by atoms with E-state index in [1.165, 1.54) is 60.7 Å². The van der Waals surface area contributed by atoms with Crippen molar-refractivity contribution in [3.8, 4) is 0 Å². The second-order valence-electron chi connectivity index (χ2n) is 9.05. The van der Waals surface area contributed by atoms with E-state index in [4.69, 9.17) is 16.3 Å². The molecule has 186 valence electrons. The molecule has 6 nitrogen and oxygen atoms in total. The van der Waals surface area contributed by atoms with E-state index in [-0.39, 0.29) is 16.8 Å². The lowest BCUT2D eigenvalue weighted by Gasteiger charge is -2.28. The third-order valence-electron chi connectivity index (χ3n) is 7.18. The lowest BCUT2D eigenvalue weighted by Crippen LogP contribution is -2.51. The first-order valence-corrected chi connectivity index (χ1v) is 11.6. The number of fused-ring (bicyclic) bond motifs is 3. The number of hydrogen-bond acceptors (Lipinski definition) is 5. The minimum Gasteiger partial charge on any atom is -0.349 e. The van der Waals surface area contributed by atoms with Crippen LogP contribution in [0.15, 0.2) is 72.8 Å². The van der Waals surface area contributed by atoms with Gasteiger partial charge in [-0.2, -0.15) is 13.2 Å². The minimum atomic E-state index is -4.82. The van der Waals surface area contributed by atoms with E-state index in [0.717, 1.165) is 17.0 Å². The van der Waals surface area contributed by atoms with Crippen LogP contribution in [-0.4, -0.2) is 29.0 Å². The van der Waals surface area contributed by atoms with Gasteiger partial charge in [0.05, 0.1) is 29.2 Å². The largest absolute Gasteiger partial charge is 0.416 e. The van der Waals surface area contributed by atoms with Crippen molar-refractivity contribution in [3.05, 3.63) is 100 Å². The van der Waals surface area contributed by atoms with Gasteiger partial charge in [-0.25, -0.2) is 4.90 Å². The molecule has 0 aromatic heterocycles. The number of alkyl halides is 3. The zero-order valence-corrected chi connectivity index (χ0v) is 19.4. The van der Waals surface area contributed by atoms with Crippen molar-refractivity contribution in [2.45, 2.75) is 17.9 Å². The molecular weight excluding hydrogens is 511 g/mol. The molecule has 2 fully saturated rings. The molecule has 3 aromatic carbocycles. The summed E-state index contributed by atoms with van der Waals surface area (Å²) in [5.74, 6) is -6.68. The summed E-state index contributed by atoms with van der Waals surface area (Å²) in [5, 5.41) is 0.330. The fourth-order valence-corrected chi connectivity index (χ4v) is 5.77. The van der Waals surface area contributed by atoms with Gasteiger partial charge in [0.15, 0.2) is 0 Å². The average molecular weight is 526 g/mol. The third-order valence-corrected chi connectivity index (χ3v) is 7.43. The fraction of sp³-hybridized carbons (Fsp3) is 0.185. The predicted octanol–water partition coefficient (Wildman–Crippen LogP) is 5.05. The Balaban J connectivity index is 1.57. The van der Waals surface area contributed by atoms with Crippen LogP contribution in [0.3, 0.4) is 0 Å². The highest BCUT2D eigenvalue weighted by atomic mass is 35.5. The number of Topliss-reactive ketones (excluding diaryl/α,β-unsaturated/α-hetero) is 2. The Hall–Kier alpha value is -3.82. The van der Waals surface area contributed by atoms with Crippen LogP contribution >= 0.6 is 11.6 Å². The smallest absolute Gasteiger partial charge is 0.349 e. The number of imide groups is 1. The average Bonchev–Trinajstić information content (AvgIpc) is 3.44. The molecule has 6 rings (SSSR count). The zero-order chi connectivity index (χ0) is 26.3. The van der Waals surface area contributed by atoms with E-state index in [9.17, 15) is 32.3 Å². The third kappa shape index (κ3) is 3.10. The maximum atomic E-state index is 14.0. The number of anilines is 1. The summed E-state index contributed by atoms with van der Waals surface area (Å²) in [4.78, 5) is 55.8. The maximum absolute atomic E-state index is 14.0. The van der Waals surface area contributed by atoms with E-state index in [2.05, 4.69) is 0 Å². The van der Waals surface area contributed by atoms with Gasteiger partial charge in [0.1, 0.15) is 0 Å². The van der Waals surface area contributed by atoms with Gasteiger partial charge in [0.25, 0.3) is 0 Å². The quantitative estimate of drug-likeness (QED) is 0.345. The molecular formula is C27H15ClF3NO5. The summed E-state index contributed by atoms with van der Waals surface area (Å²) in [7, 11) is 0. The van der Waals surface area contributed by atoms with Gasteiger partial charge in [-0.05, 0) is 35.9 Å². The van der Waals surface area contributed by atoms with Crippen molar-refractivity contribution in [1.29, 1.82) is 0 Å². The van der Waals surface area contributed by atoms with Crippen LogP contribution in [0.4, 0.5) is 18.9 Å². The minimum absolute atomic E-state index is 0.0128. The number of carbonyl (C=O) groups is 4. The molecule has 2 heterocycles. The number of carbonyl (C=O) groups excluding carboxylic acids is 4. The van der Waals surface area contributed by atoms with Crippen LogP contribution < -0.4 is 4.90 Å². The van der Waals surface area contributed by atoms with E-state index in [1.807, 2.05) is 0 Å². The van der Waals surface area contributed by atoms with Crippen molar-refractivity contribution in [2.75, 3.05) is 4.90 Å². The van der Waals surface area contributed by atoms with Crippen molar-refractivity contribution in [3.63, 3.8) is 0 Å². The highest BCUT2D eigenvalue weighted by molar-refractivity contribution is 6.37. The first-order valence-electron chi connectivity index (χ1n) is 11.2. The summed E-state index contributed by atoms with van der Waals surface area (Å²) in [5.41, 5.74) is -3.90. The lowest BCUT2D eigenvalue weighted by molar-refractivity contribution is -0.141. The number of ketones is 2. The van der Waals surface area contributed by atoms with Crippen molar-refractivity contribution >= 4 is 40.7 Å². The highest BCUT2D eigenvalue weighted by Crippen LogP contribution is 2.58. The Bertz CT molecular complexity index is 1480. The van der Waals surface area contributed by atoms with Gasteiger partial charge in [0.2, 0.25) is 29.0 Å². The number of halogens is 4. The van der Waals surface area contributed by atoms with Crippen molar-refractivity contribution in [2.24, 2.45) is 11.8 Å². The molecule has 0 N–H and O–H groups in total. The van der Waals surface area contributed by atoms with Crippen LogP contribution in [0.1, 0.15) is 37.9 Å². The topological polar surface area (TPSA) is 80.8 Å². The monoisotopic (exact) mass is 525 g/mol. The van der Waals surface area contributed by atoms with Crippen molar-refractivity contribution < 1.29 is 37.1 Å². The van der Waals surface area contributed by atoms with Crippen LogP contribution in [0.5, 0.6) is 0 Å². The maximum Gasteiger partial charge on any atom is 0.416 e. The molecule has 1 spiro atoms. The number of hydrogen-bond donors (Lipinski definition) is 0. The molecule has 0 saturated carbocycles. The molecule has 3 aliphatic rings. The zero-order valence-electron chi connectivity index (χ0n) is 18.7. The standard InChI is InChI=1S/C27H15ClF3NO5/c28-13-9-11-14(12-10-13)32-24(35)19-20(25(32)36)26(22(33)15-5-1-2-6-16(15)23(26)34)37-21(19)17-7-3-4-8-18(17)27(29,30)31/h1-12,19-21H/t19-,20+,21+/m0/s1. The molecule has 10 heteroatoms. The van der Waals surface area contributed by atoms with Gasteiger partial charge in [0, 0.05) is 16.1 Å². The normalized spacial score (nSPS) is 24.2. The van der Waals surface area contributed by atoms with Crippen LogP contribution in [-0.2, 0) is 20.5 Å². The number of benzene rings is 3. The molecule has 1 aliphatic carbocycles. The molecule has 3 aromatic rings. The summed E-state index contributed by atoms with van der Waals surface area (Å²) < 4.78 is 47.9. The molecule has 2 saturated heterocycles. The molecule has 0 unspecified atom stereocenters. The first-order chi connectivity index (χ1) is 17.6. The Morgan fingerprint density at radius 1 is 0.784 bits per heavy atom. The molecule has 2 aliphatic heterocycles. The van der Waals surface area contributed by atoms with Gasteiger partial charge in [-0.3, -0.25) is 19.2 Å². The summed E-state index contributed by atoms with van der Waals surface area (Å²) in [6.45, 7) is 0. The number of nitrogens with zero attached hydrogens (tertiary/aromatic N) is 1. The molecule has 2 amide bonds. The van der Waals surface area contributed by atoms with Gasteiger partial charge < -0.3 is 4.74 Å². The Morgan fingerprint density at radius 2 is 1.35 bits per heavy atom. The molecule has 0 bridgehead atoms. The second kappa shape index (κ2) is 7.84. The Kier molecular flexibility index (Phi) is 4.99. The lowest BCUT2D eigenvalue weighted by atomic mass is 9.76. The molecule has 37 heavy (non-hydrogen) atoms. The summed E-state index contributed by atoms with van der Waals surface area (Å²) in [6.07, 6.45) is -6.50. The second-order valence-corrected chi connectivity index (χ2v) is 9.49. The predicted molar refractivity (Wildman–Crippen MR) is 124 cm³/mol. The summed E-state index contributed by atoms with van der Waals surface area (Å²) in [6, 6.07) is 16.0.